The predicted octanol–water partition coefficient (Wildman–Crippen LogP) is 8.78. The third kappa shape index (κ3) is 4.45. The Morgan fingerprint density at radius 2 is 1.74 bits per heavy atom. The highest BCUT2D eigenvalue weighted by Gasteiger charge is 2.49. The first kappa shape index (κ1) is 25.6. The molecule has 1 aliphatic carbocycles. The van der Waals surface area contributed by atoms with Gasteiger partial charge in [0.1, 0.15) is 16.5 Å². The van der Waals surface area contributed by atoms with Crippen molar-refractivity contribution in [2.75, 3.05) is 7.11 Å². The molecule has 0 aliphatic heterocycles. The summed E-state index contributed by atoms with van der Waals surface area (Å²) in [7, 11) is 1.68. The zero-order chi connectivity index (χ0) is 26.4. The Morgan fingerprint density at radius 1 is 1.00 bits per heavy atom. The van der Waals surface area contributed by atoms with Crippen LogP contribution in [-0.4, -0.2) is 27.1 Å². The van der Waals surface area contributed by atoms with Crippen LogP contribution in [0.1, 0.15) is 35.9 Å². The number of halogens is 3. The number of nitrogens with zero attached hydrogens (tertiary/aromatic N) is 4. The smallest absolute Gasteiger partial charge is 0.168 e. The Kier molecular flexibility index (Phi) is 6.80. The first-order valence-electron chi connectivity index (χ1n) is 12.3. The molecule has 0 atom stereocenters. The van der Waals surface area contributed by atoms with E-state index in [2.05, 4.69) is 57.3 Å². The van der Waals surface area contributed by atoms with Crippen LogP contribution in [0.4, 0.5) is 0 Å². The molecular weight excluding hydrogens is 603 g/mol. The summed E-state index contributed by atoms with van der Waals surface area (Å²) in [5.74, 6) is 0.849. The van der Waals surface area contributed by atoms with E-state index in [0.29, 0.717) is 10.0 Å². The van der Waals surface area contributed by atoms with Crippen LogP contribution < -0.4 is 4.74 Å². The van der Waals surface area contributed by atoms with Crippen molar-refractivity contribution >= 4 is 50.5 Å². The van der Waals surface area contributed by atoms with Gasteiger partial charge in [-0.05, 0) is 67.3 Å². The molecule has 192 valence electrons. The minimum atomic E-state index is -0.0921. The fourth-order valence-corrected chi connectivity index (χ4v) is 6.74. The topological polar surface area (TPSA) is 52.8 Å². The van der Waals surface area contributed by atoms with Crippen LogP contribution in [0, 0.1) is 0 Å². The summed E-state index contributed by atoms with van der Waals surface area (Å²) in [6.07, 6.45) is 2.87. The highest BCUT2D eigenvalue weighted by molar-refractivity contribution is 9.10. The van der Waals surface area contributed by atoms with Gasteiger partial charge in [0.2, 0.25) is 0 Å². The number of hydrogen-bond donors (Lipinski definition) is 0. The largest absolute Gasteiger partial charge is 0.497 e. The molecule has 0 unspecified atom stereocenters. The van der Waals surface area contributed by atoms with Crippen molar-refractivity contribution in [2.24, 2.45) is 0 Å². The molecule has 1 aliphatic rings. The first-order valence-corrected chi connectivity index (χ1v) is 14.6. The quantitative estimate of drug-likeness (QED) is 0.181. The number of aromatic nitrogens is 4. The van der Waals surface area contributed by atoms with E-state index in [4.69, 9.17) is 33.0 Å². The van der Waals surface area contributed by atoms with Crippen molar-refractivity contribution in [3.05, 3.63) is 97.4 Å². The monoisotopic (exact) mass is 624 g/mol. The van der Waals surface area contributed by atoms with Crippen molar-refractivity contribution in [3.63, 3.8) is 0 Å². The molecular formula is C29H23BrCl2N4OS. The van der Waals surface area contributed by atoms with Crippen LogP contribution in [0.15, 0.2) is 71.2 Å². The number of ether oxygens (including phenoxy) is 1. The minimum Gasteiger partial charge on any atom is -0.497 e. The Bertz CT molecular complexity index is 1630. The van der Waals surface area contributed by atoms with E-state index in [9.17, 15) is 0 Å². The van der Waals surface area contributed by atoms with Gasteiger partial charge in [-0.25, -0.2) is 4.68 Å². The zero-order valence-electron chi connectivity index (χ0n) is 20.7. The van der Waals surface area contributed by atoms with E-state index in [1.165, 1.54) is 5.56 Å². The molecule has 5 aromatic rings. The maximum Gasteiger partial charge on any atom is 0.168 e. The molecule has 0 amide bonds. The number of hydrogen-bond acceptors (Lipinski definition) is 5. The van der Waals surface area contributed by atoms with Gasteiger partial charge in [0.05, 0.1) is 23.5 Å². The van der Waals surface area contributed by atoms with Gasteiger partial charge in [-0.2, -0.15) is 5.10 Å². The van der Waals surface area contributed by atoms with Gasteiger partial charge in [0.15, 0.2) is 5.01 Å². The molecule has 6 rings (SSSR count). The Hall–Kier alpha value is -2.71. The maximum absolute atomic E-state index is 6.67. The molecule has 3 aromatic carbocycles. The number of benzene rings is 3. The minimum absolute atomic E-state index is 0.0921. The summed E-state index contributed by atoms with van der Waals surface area (Å²) in [4.78, 5) is 0. The van der Waals surface area contributed by atoms with Crippen molar-refractivity contribution in [1.29, 1.82) is 0 Å². The lowest BCUT2D eigenvalue weighted by atomic mass is 9.97. The first-order chi connectivity index (χ1) is 18.4. The molecule has 5 nitrogen and oxygen atoms in total. The fourth-order valence-electron chi connectivity index (χ4n) is 4.86. The Labute approximate surface area is 243 Å². The van der Waals surface area contributed by atoms with E-state index in [-0.39, 0.29) is 5.41 Å². The van der Waals surface area contributed by atoms with Gasteiger partial charge in [0, 0.05) is 26.0 Å². The fraction of sp³-hybridized carbons (Fsp3) is 0.207. The van der Waals surface area contributed by atoms with Gasteiger partial charge in [-0.15, -0.1) is 10.2 Å². The lowest BCUT2D eigenvalue weighted by Gasteiger charge is -2.12. The molecule has 0 saturated heterocycles. The van der Waals surface area contributed by atoms with E-state index in [0.717, 1.165) is 67.7 Å². The lowest BCUT2D eigenvalue weighted by molar-refractivity contribution is 0.414. The average molecular weight is 626 g/mol. The lowest BCUT2D eigenvalue weighted by Crippen LogP contribution is -2.08. The molecule has 0 radical (unpaired) electrons. The molecule has 0 bridgehead atoms. The summed E-state index contributed by atoms with van der Waals surface area (Å²) in [5.41, 5.74) is 5.84. The number of rotatable bonds is 7. The van der Waals surface area contributed by atoms with E-state index < -0.39 is 0 Å². The van der Waals surface area contributed by atoms with Gasteiger partial charge in [-0.3, -0.25) is 0 Å². The Morgan fingerprint density at radius 3 is 2.37 bits per heavy atom. The highest BCUT2D eigenvalue weighted by atomic mass is 79.9. The molecule has 1 fully saturated rings. The molecule has 2 aromatic heterocycles. The molecule has 0 N–H and O–H groups in total. The molecule has 1 saturated carbocycles. The van der Waals surface area contributed by atoms with Crippen LogP contribution in [0.2, 0.25) is 10.0 Å². The van der Waals surface area contributed by atoms with E-state index in [1.54, 1.807) is 24.5 Å². The third-order valence-electron chi connectivity index (χ3n) is 7.02. The summed E-state index contributed by atoms with van der Waals surface area (Å²) < 4.78 is 8.27. The van der Waals surface area contributed by atoms with Crippen molar-refractivity contribution in [2.45, 2.75) is 31.6 Å². The summed E-state index contributed by atoms with van der Waals surface area (Å²) in [5, 5.41) is 17.4. The normalized spacial score (nSPS) is 14.0. The second kappa shape index (κ2) is 10.1. The van der Waals surface area contributed by atoms with E-state index >= 15 is 0 Å². The van der Waals surface area contributed by atoms with Gasteiger partial charge >= 0.3 is 0 Å². The summed E-state index contributed by atoms with van der Waals surface area (Å²) >= 11 is 18.1. The second-order valence-electron chi connectivity index (χ2n) is 9.27. The number of methoxy groups -OCH3 is 1. The molecule has 2 heterocycles. The van der Waals surface area contributed by atoms with Crippen molar-refractivity contribution in [3.8, 4) is 33.4 Å². The zero-order valence-corrected chi connectivity index (χ0v) is 24.6. The van der Waals surface area contributed by atoms with Crippen LogP contribution in [0.5, 0.6) is 5.75 Å². The van der Waals surface area contributed by atoms with Gasteiger partial charge in [-0.1, -0.05) is 81.7 Å². The van der Waals surface area contributed by atoms with Crippen molar-refractivity contribution in [1.82, 2.24) is 20.0 Å². The SMILES string of the molecule is CCc1c(-c2nnc(C3(c4ccc(OC)cc4)CC3)s2)nn(-c2ccc(Cl)cc2Cl)c1-c1ccc(Br)cc1. The third-order valence-corrected chi connectivity index (χ3v) is 9.22. The summed E-state index contributed by atoms with van der Waals surface area (Å²) in [6, 6.07) is 22.0. The average Bonchev–Trinajstić information content (AvgIpc) is 3.42. The van der Waals surface area contributed by atoms with Gasteiger partial charge < -0.3 is 4.74 Å². The van der Waals surface area contributed by atoms with Crippen molar-refractivity contribution < 1.29 is 4.74 Å². The highest BCUT2D eigenvalue weighted by Crippen LogP contribution is 2.55. The van der Waals surface area contributed by atoms with Crippen LogP contribution >= 0.6 is 50.5 Å². The van der Waals surface area contributed by atoms with E-state index in [1.807, 2.05) is 41.1 Å². The van der Waals surface area contributed by atoms with Crippen LogP contribution in [0.25, 0.3) is 27.6 Å². The van der Waals surface area contributed by atoms with Crippen LogP contribution in [-0.2, 0) is 11.8 Å². The molecule has 0 spiro atoms. The van der Waals surface area contributed by atoms with Gasteiger partial charge in [0.25, 0.3) is 0 Å². The standard InChI is InChI=1S/C29H23BrCl2N4OS/c1-3-22-25(27-33-34-28(38-27)29(14-15-29)18-6-11-21(37-2)12-7-18)35-36(24-13-10-20(31)16-23(24)32)26(22)17-4-8-19(30)9-5-17/h4-13,16H,3,14-15H2,1-2H3. The predicted molar refractivity (Wildman–Crippen MR) is 158 cm³/mol. The second-order valence-corrected chi connectivity index (χ2v) is 12.0. The maximum atomic E-state index is 6.67. The Balaban J connectivity index is 1.49. The molecule has 9 heteroatoms. The summed E-state index contributed by atoms with van der Waals surface area (Å²) in [6.45, 7) is 2.14. The molecule has 38 heavy (non-hydrogen) atoms. The van der Waals surface area contributed by atoms with Crippen LogP contribution in [0.3, 0.4) is 0 Å².